The van der Waals surface area contributed by atoms with Gasteiger partial charge in [-0.2, -0.15) is 0 Å². The van der Waals surface area contributed by atoms with E-state index in [1.807, 2.05) is 59.9 Å². The third-order valence-electron chi connectivity index (χ3n) is 7.70. The number of pyridine rings is 2. The predicted octanol–water partition coefficient (Wildman–Crippen LogP) is 6.21. The Kier molecular flexibility index (Phi) is 5.85. The second-order valence-corrected chi connectivity index (χ2v) is 13.1. The zero-order valence-corrected chi connectivity index (χ0v) is 25.0. The van der Waals surface area contributed by atoms with Crippen LogP contribution in [0.2, 0.25) is 0 Å². The summed E-state index contributed by atoms with van der Waals surface area (Å²) in [7, 11) is 0. The molecule has 2 aromatic heterocycles. The number of rotatable bonds is 6. The molecule has 0 saturated carbocycles. The van der Waals surface area contributed by atoms with Crippen LogP contribution >= 0.6 is 0 Å². The van der Waals surface area contributed by atoms with Crippen LogP contribution in [0.5, 0.6) is 11.5 Å². The van der Waals surface area contributed by atoms with Gasteiger partial charge in [0.15, 0.2) is 0 Å². The minimum atomic E-state index is -2.18. The molecule has 7 heteroatoms. The van der Waals surface area contributed by atoms with Gasteiger partial charge in [-0.15, -0.1) is 0 Å². The average molecular weight is 620 g/mol. The molecule has 5 aromatic rings. The van der Waals surface area contributed by atoms with E-state index in [2.05, 4.69) is 78.3 Å². The maximum absolute atomic E-state index is 7.70. The molecule has 2 aliphatic heterocycles. The summed E-state index contributed by atoms with van der Waals surface area (Å²) in [5.41, 5.74) is 5.06. The molecular formula is C35H31N5OSe. The van der Waals surface area contributed by atoms with Crippen molar-refractivity contribution in [3.63, 3.8) is 0 Å². The molecule has 7 rings (SSSR count). The number of nitrogens with zero attached hydrogens (tertiary/aromatic N) is 5. The van der Waals surface area contributed by atoms with Gasteiger partial charge in [-0.25, -0.2) is 0 Å². The summed E-state index contributed by atoms with van der Waals surface area (Å²) in [5, 5.41) is 0. The molecular weight excluding hydrogens is 585 g/mol. The predicted molar refractivity (Wildman–Crippen MR) is 171 cm³/mol. The Balaban J connectivity index is 1.22. The summed E-state index contributed by atoms with van der Waals surface area (Å²) in [6, 6.07) is 30.8. The molecule has 42 heavy (non-hydrogen) atoms. The Hall–Kier alpha value is -4.58. The summed E-state index contributed by atoms with van der Waals surface area (Å²) in [4.78, 5) is 14.8. The molecule has 0 bridgehead atoms. The molecule has 0 atom stereocenters. The van der Waals surface area contributed by atoms with E-state index in [9.17, 15) is 0 Å². The van der Waals surface area contributed by atoms with Gasteiger partial charge in [0, 0.05) is 4.11 Å². The summed E-state index contributed by atoms with van der Waals surface area (Å²) in [5.74, 6) is 2.18. The van der Waals surface area contributed by atoms with Crippen LogP contribution in [0.25, 0.3) is 0 Å². The molecule has 0 spiro atoms. The second kappa shape index (κ2) is 10.7. The third kappa shape index (κ3) is 4.91. The maximum atomic E-state index is 7.70. The first-order chi connectivity index (χ1) is 21.7. The second-order valence-electron chi connectivity index (χ2n) is 10.8. The molecule has 208 valence electrons. The summed E-state index contributed by atoms with van der Waals surface area (Å²) in [6.45, 7) is 2.54. The van der Waals surface area contributed by atoms with Gasteiger partial charge >= 0.3 is 254 Å². The van der Waals surface area contributed by atoms with Crippen molar-refractivity contribution in [3.8, 4) is 11.5 Å². The Bertz CT molecular complexity index is 1900. The Labute approximate surface area is 257 Å². The first-order valence-electron chi connectivity index (χ1n) is 15.2. The first kappa shape index (κ1) is 23.0. The van der Waals surface area contributed by atoms with Crippen LogP contribution in [0.3, 0.4) is 0 Å². The Morgan fingerprint density at radius 2 is 1.67 bits per heavy atom. The van der Waals surface area contributed by atoms with Crippen LogP contribution < -0.4 is 23.5 Å². The average Bonchev–Trinajstić information content (AvgIpc) is 3.56. The van der Waals surface area contributed by atoms with Crippen molar-refractivity contribution >= 4 is 46.8 Å². The zero-order valence-electron chi connectivity index (χ0n) is 26.3. The topological polar surface area (TPSA) is 44.7 Å². The van der Waals surface area contributed by atoms with Gasteiger partial charge in [0.2, 0.25) is 0 Å². The monoisotopic (exact) mass is 620 g/mol. The van der Waals surface area contributed by atoms with Gasteiger partial charge in [-0.3, -0.25) is 0 Å². The van der Waals surface area contributed by atoms with E-state index in [1.54, 1.807) is 12.4 Å². The summed E-state index contributed by atoms with van der Waals surface area (Å²) >= 11 is 0.0835. The number of hydrogen-bond acceptors (Lipinski definition) is 6. The van der Waals surface area contributed by atoms with Gasteiger partial charge in [0.1, 0.15) is 0 Å². The van der Waals surface area contributed by atoms with E-state index >= 15 is 0 Å². The van der Waals surface area contributed by atoms with E-state index < -0.39 is 6.98 Å². The fraction of sp³-hybridized carbons (Fsp3) is 0.143. The van der Waals surface area contributed by atoms with Crippen LogP contribution in [-0.4, -0.2) is 43.5 Å². The molecule has 0 unspecified atom stereocenters. The van der Waals surface area contributed by atoms with Crippen molar-refractivity contribution in [2.45, 2.75) is 19.3 Å². The minimum absolute atomic E-state index is 0.0835. The van der Waals surface area contributed by atoms with E-state index in [4.69, 9.17) is 13.8 Å². The third-order valence-corrected chi connectivity index (χ3v) is 10.1. The number of hydrogen-bond donors (Lipinski definition) is 0. The molecule has 2 aliphatic rings. The van der Waals surface area contributed by atoms with E-state index in [0.717, 1.165) is 22.9 Å². The molecule has 0 aliphatic carbocycles. The number of benzene rings is 3. The standard InChI is InChI=1S/C35H31N5OSe/c1-35(2,25-8-5-4-6-9-25)26-14-17-37-34(20-26)40-30-22-29(12-13-32(30)42-33-15-16-36-23-31(33)40)41-28-11-7-10-27(21-28)39-19-18-38(3)24-39/h4-23H,24H2,1-3H3/i3D3. The van der Waals surface area contributed by atoms with Crippen molar-refractivity contribution in [2.24, 2.45) is 0 Å². The number of anilines is 4. The van der Waals surface area contributed by atoms with Crippen LogP contribution in [0.15, 0.2) is 122 Å². The number of fused-ring (bicyclic) bond motifs is 2. The molecule has 0 amide bonds. The molecule has 6 nitrogen and oxygen atoms in total. The van der Waals surface area contributed by atoms with Crippen molar-refractivity contribution in [3.05, 3.63) is 133 Å². The van der Waals surface area contributed by atoms with Gasteiger partial charge < -0.3 is 0 Å². The van der Waals surface area contributed by atoms with Crippen LogP contribution in [0, 0.1) is 0 Å². The van der Waals surface area contributed by atoms with Crippen LogP contribution in [-0.2, 0) is 5.41 Å². The number of aromatic nitrogens is 2. The van der Waals surface area contributed by atoms with E-state index in [-0.39, 0.29) is 27.0 Å². The van der Waals surface area contributed by atoms with Gasteiger partial charge in [-0.05, 0) is 0 Å². The quantitative estimate of drug-likeness (QED) is 0.207. The fourth-order valence-electron chi connectivity index (χ4n) is 5.34. The van der Waals surface area contributed by atoms with Crippen molar-refractivity contribution in [2.75, 3.05) is 23.4 Å². The SMILES string of the molecule is [2H]C([2H])([2H])N1C=CN(c2cccc(Oc3ccc4c(c3)N(c3cc(C(C)(C)c5ccccc5)ccn3)c3cnccc3[Se]4)c2)C1. The Morgan fingerprint density at radius 3 is 2.52 bits per heavy atom. The Morgan fingerprint density at radius 1 is 0.810 bits per heavy atom. The normalized spacial score (nSPS) is 15.5. The molecule has 4 heterocycles. The van der Waals surface area contributed by atoms with E-state index in [0.29, 0.717) is 11.5 Å². The first-order valence-corrected chi connectivity index (χ1v) is 15.5. The van der Waals surface area contributed by atoms with Crippen molar-refractivity contribution in [1.29, 1.82) is 0 Å². The zero-order chi connectivity index (χ0) is 31.2. The van der Waals surface area contributed by atoms with Crippen LogP contribution in [0.1, 0.15) is 29.1 Å². The summed E-state index contributed by atoms with van der Waals surface area (Å²) < 4.78 is 32.0. The van der Waals surface area contributed by atoms with Gasteiger partial charge in [0.05, 0.1) is 0 Å². The van der Waals surface area contributed by atoms with Crippen molar-refractivity contribution < 1.29 is 8.85 Å². The van der Waals surface area contributed by atoms with E-state index in [1.165, 1.54) is 25.0 Å². The van der Waals surface area contributed by atoms with Gasteiger partial charge in [0.25, 0.3) is 0 Å². The molecule has 0 radical (unpaired) electrons. The van der Waals surface area contributed by atoms with Crippen molar-refractivity contribution in [1.82, 2.24) is 14.9 Å². The van der Waals surface area contributed by atoms with Gasteiger partial charge in [-0.1, -0.05) is 0 Å². The number of ether oxygens (including phenoxy) is 1. The molecule has 3 aromatic carbocycles. The van der Waals surface area contributed by atoms with Crippen LogP contribution in [0.4, 0.5) is 22.9 Å². The molecule has 0 N–H and O–H groups in total. The fourth-order valence-corrected chi connectivity index (χ4v) is 7.45. The molecule has 0 saturated heterocycles. The molecule has 0 fully saturated rings. The summed E-state index contributed by atoms with van der Waals surface area (Å²) in [6.07, 6.45) is 9.02.